The topological polar surface area (TPSA) is 29.5 Å². The van der Waals surface area contributed by atoms with Gasteiger partial charge in [0, 0.05) is 6.61 Å². The molecule has 0 amide bonds. The highest BCUT2D eigenvalue weighted by atomic mass is 16.5. The van der Waals surface area contributed by atoms with Crippen molar-refractivity contribution in [2.45, 2.75) is 44.3 Å². The Bertz CT molecular complexity index is 128. The smallest absolute Gasteiger partial charge is 0.0599 e. The largest absolute Gasteiger partial charge is 0.393 e. The van der Waals surface area contributed by atoms with Crippen molar-refractivity contribution < 1.29 is 9.84 Å². The van der Waals surface area contributed by atoms with Crippen LogP contribution in [-0.4, -0.2) is 23.9 Å². The molecule has 0 radical (unpaired) electrons. The molecule has 1 saturated heterocycles. The summed E-state index contributed by atoms with van der Waals surface area (Å²) in [7, 11) is 0. The molecule has 0 saturated carbocycles. The molecule has 0 bridgehead atoms. The zero-order valence-corrected chi connectivity index (χ0v) is 7.54. The Morgan fingerprint density at radius 3 is 3.00 bits per heavy atom. The molecule has 12 heavy (non-hydrogen) atoms. The van der Waals surface area contributed by atoms with Gasteiger partial charge >= 0.3 is 0 Å². The van der Waals surface area contributed by atoms with Gasteiger partial charge in [-0.15, -0.1) is 6.58 Å². The lowest BCUT2D eigenvalue weighted by atomic mass is 10.0. The fourth-order valence-electron chi connectivity index (χ4n) is 1.59. The summed E-state index contributed by atoms with van der Waals surface area (Å²) in [5, 5.41) is 9.45. The summed E-state index contributed by atoms with van der Waals surface area (Å²) in [6.07, 6.45) is 6.76. The van der Waals surface area contributed by atoms with E-state index in [2.05, 4.69) is 6.58 Å². The average molecular weight is 170 g/mol. The lowest BCUT2D eigenvalue weighted by molar-refractivity contribution is -0.0143. The summed E-state index contributed by atoms with van der Waals surface area (Å²) in [4.78, 5) is 0. The van der Waals surface area contributed by atoms with E-state index in [1.54, 1.807) is 6.08 Å². The van der Waals surface area contributed by atoms with Crippen molar-refractivity contribution in [2.24, 2.45) is 0 Å². The van der Waals surface area contributed by atoms with Gasteiger partial charge in [0.2, 0.25) is 0 Å². The lowest BCUT2D eigenvalue weighted by Gasteiger charge is -2.24. The Labute approximate surface area is 74.2 Å². The Hall–Kier alpha value is -0.340. The minimum Gasteiger partial charge on any atom is -0.393 e. The van der Waals surface area contributed by atoms with E-state index in [9.17, 15) is 5.11 Å². The molecule has 1 aliphatic heterocycles. The summed E-state index contributed by atoms with van der Waals surface area (Å²) in [6, 6.07) is 0. The van der Waals surface area contributed by atoms with E-state index in [4.69, 9.17) is 4.74 Å². The van der Waals surface area contributed by atoms with E-state index in [0.717, 1.165) is 19.4 Å². The molecule has 0 aromatic rings. The van der Waals surface area contributed by atoms with Crippen molar-refractivity contribution >= 4 is 0 Å². The molecule has 1 N–H and O–H groups in total. The molecule has 2 atom stereocenters. The Morgan fingerprint density at radius 2 is 2.42 bits per heavy atom. The molecule has 0 aliphatic carbocycles. The van der Waals surface area contributed by atoms with E-state index < -0.39 is 0 Å². The lowest BCUT2D eigenvalue weighted by Crippen LogP contribution is -2.24. The van der Waals surface area contributed by atoms with Crippen LogP contribution in [0.15, 0.2) is 12.7 Å². The second-order valence-corrected chi connectivity index (χ2v) is 3.40. The molecule has 2 unspecified atom stereocenters. The second-order valence-electron chi connectivity index (χ2n) is 3.40. The van der Waals surface area contributed by atoms with Crippen molar-refractivity contribution in [3.8, 4) is 0 Å². The van der Waals surface area contributed by atoms with Gasteiger partial charge in [-0.25, -0.2) is 0 Å². The first-order chi connectivity index (χ1) is 5.83. The van der Waals surface area contributed by atoms with Crippen molar-refractivity contribution in [1.29, 1.82) is 0 Å². The van der Waals surface area contributed by atoms with Gasteiger partial charge in [-0.1, -0.05) is 6.08 Å². The third kappa shape index (κ3) is 3.37. The second kappa shape index (κ2) is 5.33. The van der Waals surface area contributed by atoms with Crippen LogP contribution >= 0.6 is 0 Å². The summed E-state index contributed by atoms with van der Waals surface area (Å²) >= 11 is 0. The zero-order chi connectivity index (χ0) is 8.81. The Kier molecular flexibility index (Phi) is 4.33. The standard InChI is InChI=1S/C10H18O2/c1-2-5-9(11)8-10-6-3-4-7-12-10/h2,9-11H,1,3-8H2. The highest BCUT2D eigenvalue weighted by Crippen LogP contribution is 2.17. The molecule has 0 aromatic carbocycles. The SMILES string of the molecule is C=CCC(O)CC1CCCCO1. The van der Waals surface area contributed by atoms with Crippen LogP contribution in [-0.2, 0) is 4.74 Å². The first-order valence-corrected chi connectivity index (χ1v) is 4.73. The third-order valence-corrected chi connectivity index (χ3v) is 2.25. The Balaban J connectivity index is 2.15. The first-order valence-electron chi connectivity index (χ1n) is 4.73. The van der Waals surface area contributed by atoms with Crippen LogP contribution in [0.4, 0.5) is 0 Å². The molecular formula is C10H18O2. The van der Waals surface area contributed by atoms with Crippen molar-refractivity contribution in [1.82, 2.24) is 0 Å². The fraction of sp³-hybridized carbons (Fsp3) is 0.800. The van der Waals surface area contributed by atoms with Crippen LogP contribution in [0, 0.1) is 0 Å². The quantitative estimate of drug-likeness (QED) is 0.653. The number of hydrogen-bond acceptors (Lipinski definition) is 2. The maximum atomic E-state index is 9.45. The zero-order valence-electron chi connectivity index (χ0n) is 7.54. The van der Waals surface area contributed by atoms with Crippen LogP contribution in [0.1, 0.15) is 32.1 Å². The van der Waals surface area contributed by atoms with Gasteiger partial charge in [-0.3, -0.25) is 0 Å². The van der Waals surface area contributed by atoms with Crippen molar-refractivity contribution in [3.63, 3.8) is 0 Å². The maximum absolute atomic E-state index is 9.45. The van der Waals surface area contributed by atoms with Crippen LogP contribution in [0.2, 0.25) is 0 Å². The summed E-state index contributed by atoms with van der Waals surface area (Å²) in [6.45, 7) is 4.46. The van der Waals surface area contributed by atoms with E-state index >= 15 is 0 Å². The van der Waals surface area contributed by atoms with E-state index in [-0.39, 0.29) is 12.2 Å². The van der Waals surface area contributed by atoms with Gasteiger partial charge < -0.3 is 9.84 Å². The van der Waals surface area contributed by atoms with Crippen molar-refractivity contribution in [2.75, 3.05) is 6.61 Å². The molecule has 70 valence electrons. The summed E-state index contributed by atoms with van der Waals surface area (Å²) < 4.78 is 5.50. The first kappa shape index (κ1) is 9.75. The Morgan fingerprint density at radius 1 is 1.58 bits per heavy atom. The van der Waals surface area contributed by atoms with Gasteiger partial charge in [-0.05, 0) is 32.1 Å². The molecule has 0 aromatic heterocycles. The molecule has 0 spiro atoms. The van der Waals surface area contributed by atoms with Gasteiger partial charge in [0.25, 0.3) is 0 Å². The van der Waals surface area contributed by atoms with Gasteiger partial charge in [0.05, 0.1) is 12.2 Å². The van der Waals surface area contributed by atoms with E-state index in [0.29, 0.717) is 6.42 Å². The predicted octanol–water partition coefficient (Wildman–Crippen LogP) is 1.88. The molecule has 2 heteroatoms. The third-order valence-electron chi connectivity index (χ3n) is 2.25. The molecule has 2 nitrogen and oxygen atoms in total. The number of aliphatic hydroxyl groups excluding tert-OH is 1. The van der Waals surface area contributed by atoms with Crippen LogP contribution < -0.4 is 0 Å². The number of aliphatic hydroxyl groups is 1. The predicted molar refractivity (Wildman–Crippen MR) is 49.0 cm³/mol. The molecular weight excluding hydrogens is 152 g/mol. The number of rotatable bonds is 4. The number of ether oxygens (including phenoxy) is 1. The maximum Gasteiger partial charge on any atom is 0.0599 e. The number of hydrogen-bond donors (Lipinski definition) is 1. The highest BCUT2D eigenvalue weighted by molar-refractivity contribution is 4.76. The molecule has 1 rings (SSSR count). The average Bonchev–Trinajstić information content (AvgIpc) is 2.06. The van der Waals surface area contributed by atoms with Gasteiger partial charge in [0.1, 0.15) is 0 Å². The van der Waals surface area contributed by atoms with E-state index in [1.807, 2.05) is 0 Å². The summed E-state index contributed by atoms with van der Waals surface area (Å²) in [5.41, 5.74) is 0. The minimum atomic E-state index is -0.259. The fourth-order valence-corrected chi connectivity index (χ4v) is 1.59. The molecule has 1 fully saturated rings. The van der Waals surface area contributed by atoms with Crippen LogP contribution in [0.5, 0.6) is 0 Å². The summed E-state index contributed by atoms with van der Waals surface area (Å²) in [5.74, 6) is 0. The monoisotopic (exact) mass is 170 g/mol. The van der Waals surface area contributed by atoms with Crippen LogP contribution in [0.25, 0.3) is 0 Å². The van der Waals surface area contributed by atoms with Crippen molar-refractivity contribution in [3.05, 3.63) is 12.7 Å². The molecule has 1 heterocycles. The highest BCUT2D eigenvalue weighted by Gasteiger charge is 2.16. The van der Waals surface area contributed by atoms with Crippen LogP contribution in [0.3, 0.4) is 0 Å². The van der Waals surface area contributed by atoms with E-state index in [1.165, 1.54) is 12.8 Å². The molecule has 1 aliphatic rings. The van der Waals surface area contributed by atoms with Gasteiger partial charge in [-0.2, -0.15) is 0 Å². The van der Waals surface area contributed by atoms with Gasteiger partial charge in [0.15, 0.2) is 0 Å². The minimum absolute atomic E-state index is 0.259. The normalized spacial score (nSPS) is 26.6.